The predicted molar refractivity (Wildman–Crippen MR) is 129 cm³/mol. The maximum atomic E-state index is 13.4. The molecule has 8 heteroatoms. The molecule has 0 aromatic heterocycles. The molecule has 3 rings (SSSR count). The van der Waals surface area contributed by atoms with Crippen LogP contribution in [0.25, 0.3) is 0 Å². The molecule has 1 saturated heterocycles. The Hall–Kier alpha value is -1.23. The molecule has 1 aromatic rings. The van der Waals surface area contributed by atoms with Crippen molar-refractivity contribution in [1.29, 1.82) is 0 Å². The molecule has 1 atom stereocenters. The van der Waals surface area contributed by atoms with Crippen LogP contribution in [0.5, 0.6) is 0 Å². The third kappa shape index (κ3) is 8.13. The molecule has 0 amide bonds. The van der Waals surface area contributed by atoms with E-state index in [0.29, 0.717) is 6.54 Å². The normalized spacial score (nSPS) is 18.9. The first-order valence-corrected chi connectivity index (χ1v) is 10.6. The fraction of sp³-hybridized carbons (Fsp3) is 0.591. The topological polar surface area (TPSA) is 58.1 Å². The van der Waals surface area contributed by atoms with Crippen molar-refractivity contribution in [2.24, 2.45) is 4.99 Å². The summed E-state index contributed by atoms with van der Waals surface area (Å²) >= 11 is 0. The molecule has 6 nitrogen and oxygen atoms in total. The minimum atomic E-state index is -0.213. The Kier molecular flexibility index (Phi) is 11.6. The summed E-state index contributed by atoms with van der Waals surface area (Å²) in [6.45, 7) is 9.03. The standard InChI is InChI=1S/C22H33FN4O2.HI/c1-2-24-22(25-10-7-18-8-13-28-14-9-18)26-17-21(27-11-15-29-16-12-27)19-3-5-20(23)6-4-19;/h3-6,8,21H,2,7,9-17H2,1H3,(H2,24,25,26);1H. The lowest BCUT2D eigenvalue weighted by Gasteiger charge is -2.34. The number of halogens is 2. The summed E-state index contributed by atoms with van der Waals surface area (Å²) in [6.07, 6.45) is 4.19. The average molecular weight is 532 g/mol. The second-order valence-electron chi connectivity index (χ2n) is 7.30. The number of rotatable bonds is 8. The number of guanidine groups is 1. The number of hydrogen-bond donors (Lipinski definition) is 2. The molecule has 0 aliphatic carbocycles. The van der Waals surface area contributed by atoms with Gasteiger partial charge in [-0.3, -0.25) is 9.89 Å². The summed E-state index contributed by atoms with van der Waals surface area (Å²) in [4.78, 5) is 7.22. The van der Waals surface area contributed by atoms with Gasteiger partial charge in [-0.25, -0.2) is 4.39 Å². The number of benzene rings is 1. The van der Waals surface area contributed by atoms with Gasteiger partial charge in [0.05, 0.1) is 39.0 Å². The van der Waals surface area contributed by atoms with Gasteiger partial charge in [0.1, 0.15) is 5.82 Å². The number of nitrogens with one attached hydrogen (secondary N) is 2. The van der Waals surface area contributed by atoms with Crippen LogP contribution >= 0.6 is 24.0 Å². The second-order valence-corrected chi connectivity index (χ2v) is 7.30. The van der Waals surface area contributed by atoms with Crippen molar-refractivity contribution >= 4 is 29.9 Å². The van der Waals surface area contributed by atoms with Gasteiger partial charge in [0.15, 0.2) is 5.96 Å². The minimum Gasteiger partial charge on any atom is -0.379 e. The Balaban J connectivity index is 0.00000320. The van der Waals surface area contributed by atoms with Gasteiger partial charge in [0, 0.05) is 26.2 Å². The van der Waals surface area contributed by atoms with Crippen LogP contribution in [-0.4, -0.2) is 70.0 Å². The lowest BCUT2D eigenvalue weighted by atomic mass is 10.0. The van der Waals surface area contributed by atoms with Crippen molar-refractivity contribution in [1.82, 2.24) is 15.5 Å². The van der Waals surface area contributed by atoms with Crippen LogP contribution in [0.4, 0.5) is 4.39 Å². The Morgan fingerprint density at radius 2 is 1.90 bits per heavy atom. The predicted octanol–water partition coefficient (Wildman–Crippen LogP) is 3.11. The van der Waals surface area contributed by atoms with E-state index in [1.54, 1.807) is 0 Å². The summed E-state index contributed by atoms with van der Waals surface area (Å²) in [5.74, 6) is 0.607. The Labute approximate surface area is 196 Å². The number of ether oxygens (including phenoxy) is 2. The van der Waals surface area contributed by atoms with Gasteiger partial charge in [-0.2, -0.15) is 0 Å². The largest absolute Gasteiger partial charge is 0.379 e. The molecule has 168 valence electrons. The van der Waals surface area contributed by atoms with Crippen LogP contribution in [0, 0.1) is 5.82 Å². The molecule has 1 fully saturated rings. The van der Waals surface area contributed by atoms with E-state index in [2.05, 4.69) is 28.5 Å². The zero-order valence-electron chi connectivity index (χ0n) is 17.7. The highest BCUT2D eigenvalue weighted by atomic mass is 127. The molecular weight excluding hydrogens is 498 g/mol. The van der Waals surface area contributed by atoms with Crippen molar-refractivity contribution in [3.8, 4) is 0 Å². The van der Waals surface area contributed by atoms with Gasteiger partial charge in [0.25, 0.3) is 0 Å². The molecular formula is C22H34FIN4O2. The van der Waals surface area contributed by atoms with Crippen molar-refractivity contribution in [2.75, 3.05) is 59.2 Å². The van der Waals surface area contributed by atoms with E-state index in [-0.39, 0.29) is 35.8 Å². The fourth-order valence-corrected chi connectivity index (χ4v) is 3.66. The SMILES string of the molecule is CCNC(=NCC(c1ccc(F)cc1)N1CCOCC1)NCCC1=CCOCC1.I. The highest BCUT2D eigenvalue weighted by Crippen LogP contribution is 2.22. The van der Waals surface area contributed by atoms with E-state index in [0.717, 1.165) is 77.0 Å². The highest BCUT2D eigenvalue weighted by molar-refractivity contribution is 14.0. The lowest BCUT2D eigenvalue weighted by Crippen LogP contribution is -2.42. The number of morpholine rings is 1. The summed E-state index contributed by atoms with van der Waals surface area (Å²) in [5, 5.41) is 6.77. The number of hydrogen-bond acceptors (Lipinski definition) is 4. The van der Waals surface area contributed by atoms with Crippen molar-refractivity contribution in [2.45, 2.75) is 25.8 Å². The summed E-state index contributed by atoms with van der Waals surface area (Å²) < 4.78 is 24.3. The summed E-state index contributed by atoms with van der Waals surface area (Å²) in [5.41, 5.74) is 2.53. The van der Waals surface area contributed by atoms with Crippen LogP contribution < -0.4 is 10.6 Å². The molecule has 0 bridgehead atoms. The lowest BCUT2D eigenvalue weighted by molar-refractivity contribution is 0.0179. The van der Waals surface area contributed by atoms with Crippen LogP contribution in [0.1, 0.15) is 31.4 Å². The van der Waals surface area contributed by atoms with Crippen LogP contribution in [0.15, 0.2) is 40.9 Å². The molecule has 0 saturated carbocycles. The highest BCUT2D eigenvalue weighted by Gasteiger charge is 2.22. The third-order valence-corrected chi connectivity index (χ3v) is 5.30. The maximum Gasteiger partial charge on any atom is 0.191 e. The van der Waals surface area contributed by atoms with Crippen LogP contribution in [0.3, 0.4) is 0 Å². The first kappa shape index (κ1) is 25.0. The van der Waals surface area contributed by atoms with Gasteiger partial charge in [-0.1, -0.05) is 23.8 Å². The maximum absolute atomic E-state index is 13.4. The number of aliphatic imine (C=N–C) groups is 1. The minimum absolute atomic E-state index is 0. The van der Waals surface area contributed by atoms with Crippen LogP contribution in [0.2, 0.25) is 0 Å². The molecule has 1 aromatic carbocycles. The van der Waals surface area contributed by atoms with Crippen molar-refractivity contribution in [3.63, 3.8) is 0 Å². The monoisotopic (exact) mass is 532 g/mol. The van der Waals surface area contributed by atoms with E-state index in [4.69, 9.17) is 14.5 Å². The second kappa shape index (κ2) is 14.0. The van der Waals surface area contributed by atoms with E-state index < -0.39 is 0 Å². The van der Waals surface area contributed by atoms with Crippen molar-refractivity contribution in [3.05, 3.63) is 47.3 Å². The summed E-state index contributed by atoms with van der Waals surface area (Å²) in [6, 6.07) is 6.88. The smallest absolute Gasteiger partial charge is 0.191 e. The Morgan fingerprint density at radius 3 is 2.57 bits per heavy atom. The molecule has 30 heavy (non-hydrogen) atoms. The van der Waals surface area contributed by atoms with Gasteiger partial charge in [-0.15, -0.1) is 24.0 Å². The van der Waals surface area contributed by atoms with Gasteiger partial charge in [-0.05, 0) is 37.5 Å². The Bertz CT molecular complexity index is 678. The molecule has 0 radical (unpaired) electrons. The third-order valence-electron chi connectivity index (χ3n) is 5.30. The first-order chi connectivity index (χ1) is 14.3. The molecule has 0 spiro atoms. The van der Waals surface area contributed by atoms with E-state index >= 15 is 0 Å². The van der Waals surface area contributed by atoms with Crippen LogP contribution in [-0.2, 0) is 9.47 Å². The first-order valence-electron chi connectivity index (χ1n) is 10.6. The van der Waals surface area contributed by atoms with Gasteiger partial charge >= 0.3 is 0 Å². The van der Waals surface area contributed by atoms with Gasteiger partial charge < -0.3 is 20.1 Å². The Morgan fingerprint density at radius 1 is 1.13 bits per heavy atom. The molecule has 2 aliphatic heterocycles. The zero-order valence-corrected chi connectivity index (χ0v) is 20.1. The zero-order chi connectivity index (χ0) is 20.3. The fourth-order valence-electron chi connectivity index (χ4n) is 3.66. The molecule has 1 unspecified atom stereocenters. The molecule has 2 aliphatic rings. The van der Waals surface area contributed by atoms with Crippen molar-refractivity contribution < 1.29 is 13.9 Å². The average Bonchev–Trinajstić information content (AvgIpc) is 2.76. The number of nitrogens with zero attached hydrogens (tertiary/aromatic N) is 2. The van der Waals surface area contributed by atoms with Gasteiger partial charge in [0.2, 0.25) is 0 Å². The van der Waals surface area contributed by atoms with E-state index in [1.807, 2.05) is 12.1 Å². The van der Waals surface area contributed by atoms with E-state index in [9.17, 15) is 4.39 Å². The quantitative estimate of drug-likeness (QED) is 0.233. The summed E-state index contributed by atoms with van der Waals surface area (Å²) in [7, 11) is 0. The van der Waals surface area contributed by atoms with E-state index in [1.165, 1.54) is 17.7 Å². The molecule has 2 N–H and O–H groups in total. The molecule has 2 heterocycles.